The van der Waals surface area contributed by atoms with E-state index < -0.39 is 10.0 Å². The van der Waals surface area contributed by atoms with Gasteiger partial charge in [-0.3, -0.25) is 0 Å². The van der Waals surface area contributed by atoms with Gasteiger partial charge >= 0.3 is 0 Å². The minimum Gasteiger partial charge on any atom is -0.489 e. The third-order valence-electron chi connectivity index (χ3n) is 3.19. The molecule has 100 valence electrons. The van der Waals surface area contributed by atoms with Gasteiger partial charge in [-0.25, -0.2) is 13.1 Å². The summed E-state index contributed by atoms with van der Waals surface area (Å²) in [5.41, 5.74) is 5.92. The molecule has 0 aromatic heterocycles. The summed E-state index contributed by atoms with van der Waals surface area (Å²) in [4.78, 5) is 0.230. The van der Waals surface area contributed by atoms with E-state index in [0.717, 1.165) is 19.3 Å². The molecule has 2 unspecified atom stereocenters. The van der Waals surface area contributed by atoms with Crippen LogP contribution < -0.4 is 15.2 Å². The van der Waals surface area contributed by atoms with E-state index >= 15 is 0 Å². The number of ether oxygens (including phenoxy) is 1. The van der Waals surface area contributed by atoms with Crippen LogP contribution in [-0.2, 0) is 10.0 Å². The Morgan fingerprint density at radius 3 is 2.44 bits per heavy atom. The SMILES string of the molecule is CNS(=O)(=O)c1ccc(OC2CCCC2N)cc1. The van der Waals surface area contributed by atoms with Gasteiger partial charge in [0.15, 0.2) is 0 Å². The molecule has 0 radical (unpaired) electrons. The molecule has 0 bridgehead atoms. The maximum atomic E-state index is 11.5. The molecule has 0 heterocycles. The van der Waals surface area contributed by atoms with Crippen molar-refractivity contribution in [2.24, 2.45) is 5.73 Å². The van der Waals surface area contributed by atoms with Gasteiger partial charge < -0.3 is 10.5 Å². The lowest BCUT2D eigenvalue weighted by molar-refractivity contribution is 0.191. The first-order valence-electron chi connectivity index (χ1n) is 5.99. The molecule has 1 aliphatic carbocycles. The molecule has 1 aromatic carbocycles. The number of nitrogens with two attached hydrogens (primary N) is 1. The number of hydrogen-bond acceptors (Lipinski definition) is 4. The predicted molar refractivity (Wildman–Crippen MR) is 68.9 cm³/mol. The van der Waals surface area contributed by atoms with Gasteiger partial charge in [0.05, 0.1) is 4.90 Å². The second kappa shape index (κ2) is 5.26. The van der Waals surface area contributed by atoms with E-state index in [-0.39, 0.29) is 17.0 Å². The fourth-order valence-electron chi connectivity index (χ4n) is 2.09. The molecule has 3 N–H and O–H groups in total. The Bertz CT molecular complexity index is 499. The Morgan fingerprint density at radius 1 is 1.28 bits per heavy atom. The van der Waals surface area contributed by atoms with Crippen molar-refractivity contribution >= 4 is 10.0 Å². The molecule has 0 saturated heterocycles. The first-order chi connectivity index (χ1) is 8.53. The molecule has 0 amide bonds. The quantitative estimate of drug-likeness (QED) is 0.850. The minimum absolute atomic E-state index is 0.0387. The summed E-state index contributed by atoms with van der Waals surface area (Å²) in [6.45, 7) is 0. The Balaban J connectivity index is 2.08. The number of benzene rings is 1. The van der Waals surface area contributed by atoms with Gasteiger partial charge in [0, 0.05) is 6.04 Å². The lowest BCUT2D eigenvalue weighted by atomic mass is 10.2. The highest BCUT2D eigenvalue weighted by molar-refractivity contribution is 7.89. The van der Waals surface area contributed by atoms with Crippen molar-refractivity contribution in [2.45, 2.75) is 36.3 Å². The fourth-order valence-corrected chi connectivity index (χ4v) is 2.82. The summed E-state index contributed by atoms with van der Waals surface area (Å²) in [6, 6.07) is 6.46. The molecular weight excluding hydrogens is 252 g/mol. The van der Waals surface area contributed by atoms with Crippen molar-refractivity contribution in [3.8, 4) is 5.75 Å². The molecule has 2 rings (SSSR count). The average Bonchev–Trinajstić information content (AvgIpc) is 2.76. The van der Waals surface area contributed by atoms with Gasteiger partial charge in [-0.15, -0.1) is 0 Å². The van der Waals surface area contributed by atoms with Crippen LogP contribution in [0.3, 0.4) is 0 Å². The van der Waals surface area contributed by atoms with Crippen molar-refractivity contribution in [3.05, 3.63) is 24.3 Å². The molecule has 1 aromatic rings. The van der Waals surface area contributed by atoms with Crippen molar-refractivity contribution in [2.75, 3.05) is 7.05 Å². The second-order valence-electron chi connectivity index (χ2n) is 4.43. The average molecular weight is 270 g/mol. The standard InChI is InChI=1S/C12H18N2O3S/c1-14-18(15,16)10-7-5-9(6-8-10)17-12-4-2-3-11(12)13/h5-8,11-12,14H,2-4,13H2,1H3. The third-order valence-corrected chi connectivity index (χ3v) is 4.62. The zero-order valence-electron chi connectivity index (χ0n) is 10.3. The molecular formula is C12H18N2O3S. The molecule has 6 heteroatoms. The van der Waals surface area contributed by atoms with Gasteiger partial charge in [0.1, 0.15) is 11.9 Å². The van der Waals surface area contributed by atoms with Gasteiger partial charge in [-0.05, 0) is 50.6 Å². The Morgan fingerprint density at radius 2 is 1.94 bits per heavy atom. The van der Waals surface area contributed by atoms with Crippen LogP contribution in [0.25, 0.3) is 0 Å². The highest BCUT2D eigenvalue weighted by Crippen LogP contribution is 2.24. The summed E-state index contributed by atoms with van der Waals surface area (Å²) in [5.74, 6) is 0.660. The zero-order chi connectivity index (χ0) is 13.2. The van der Waals surface area contributed by atoms with E-state index in [0.29, 0.717) is 5.75 Å². The number of nitrogens with one attached hydrogen (secondary N) is 1. The Kier molecular flexibility index (Phi) is 3.89. The molecule has 1 fully saturated rings. The van der Waals surface area contributed by atoms with E-state index in [9.17, 15) is 8.42 Å². The molecule has 0 aliphatic heterocycles. The number of sulfonamides is 1. The van der Waals surface area contributed by atoms with Crippen molar-refractivity contribution in [3.63, 3.8) is 0 Å². The van der Waals surface area contributed by atoms with Crippen LogP contribution in [0.15, 0.2) is 29.2 Å². The van der Waals surface area contributed by atoms with E-state index in [4.69, 9.17) is 10.5 Å². The maximum absolute atomic E-state index is 11.5. The summed E-state index contributed by atoms with van der Waals surface area (Å²) < 4.78 is 31.1. The lowest BCUT2D eigenvalue weighted by Gasteiger charge is -2.17. The van der Waals surface area contributed by atoms with Gasteiger partial charge in [0.25, 0.3) is 0 Å². The lowest BCUT2D eigenvalue weighted by Crippen LogP contribution is -2.33. The highest BCUT2D eigenvalue weighted by Gasteiger charge is 2.25. The summed E-state index contributed by atoms with van der Waals surface area (Å²) in [5, 5.41) is 0. The van der Waals surface area contributed by atoms with Crippen LogP contribution in [0.4, 0.5) is 0 Å². The van der Waals surface area contributed by atoms with E-state index in [1.807, 2.05) is 0 Å². The van der Waals surface area contributed by atoms with E-state index in [1.54, 1.807) is 12.1 Å². The van der Waals surface area contributed by atoms with Crippen molar-refractivity contribution in [1.82, 2.24) is 4.72 Å². The molecule has 18 heavy (non-hydrogen) atoms. The van der Waals surface area contributed by atoms with Crippen LogP contribution in [0.2, 0.25) is 0 Å². The normalized spacial score (nSPS) is 24.1. The van der Waals surface area contributed by atoms with E-state index in [1.165, 1.54) is 19.2 Å². The van der Waals surface area contributed by atoms with E-state index in [2.05, 4.69) is 4.72 Å². The first-order valence-corrected chi connectivity index (χ1v) is 7.47. The van der Waals surface area contributed by atoms with Crippen LogP contribution >= 0.6 is 0 Å². The zero-order valence-corrected chi connectivity index (χ0v) is 11.1. The van der Waals surface area contributed by atoms with Gasteiger partial charge in [-0.2, -0.15) is 0 Å². The smallest absolute Gasteiger partial charge is 0.240 e. The molecule has 1 aliphatic rings. The summed E-state index contributed by atoms with van der Waals surface area (Å²) >= 11 is 0. The molecule has 2 atom stereocenters. The monoisotopic (exact) mass is 270 g/mol. The summed E-state index contributed by atoms with van der Waals surface area (Å²) in [7, 11) is -2.00. The van der Waals surface area contributed by atoms with Crippen molar-refractivity contribution < 1.29 is 13.2 Å². The topological polar surface area (TPSA) is 81.4 Å². The van der Waals surface area contributed by atoms with Crippen LogP contribution in [-0.4, -0.2) is 27.6 Å². The Hall–Kier alpha value is -1.11. The van der Waals surface area contributed by atoms with Crippen LogP contribution in [0.1, 0.15) is 19.3 Å². The van der Waals surface area contributed by atoms with Gasteiger partial charge in [-0.1, -0.05) is 0 Å². The van der Waals surface area contributed by atoms with Crippen molar-refractivity contribution in [1.29, 1.82) is 0 Å². The summed E-state index contributed by atoms with van der Waals surface area (Å²) in [6.07, 6.45) is 3.06. The van der Waals surface area contributed by atoms with Crippen LogP contribution in [0.5, 0.6) is 5.75 Å². The maximum Gasteiger partial charge on any atom is 0.240 e. The minimum atomic E-state index is -3.38. The first kappa shape index (κ1) is 13.3. The molecule has 1 saturated carbocycles. The molecule has 0 spiro atoms. The number of hydrogen-bond donors (Lipinski definition) is 2. The van der Waals surface area contributed by atoms with Crippen LogP contribution in [0, 0.1) is 0 Å². The third kappa shape index (κ3) is 2.82. The van der Waals surface area contributed by atoms with Gasteiger partial charge in [0.2, 0.25) is 10.0 Å². The largest absolute Gasteiger partial charge is 0.489 e. The fraction of sp³-hybridized carbons (Fsp3) is 0.500. The highest BCUT2D eigenvalue weighted by atomic mass is 32.2. The number of rotatable bonds is 4. The molecule has 5 nitrogen and oxygen atoms in total. The Labute approximate surface area is 107 Å². The predicted octanol–water partition coefficient (Wildman–Crippen LogP) is 0.853. The second-order valence-corrected chi connectivity index (χ2v) is 6.32.